The Hall–Kier alpha value is -1.83. The van der Waals surface area contributed by atoms with Crippen LogP contribution in [0.15, 0.2) is 21.2 Å². The summed E-state index contributed by atoms with van der Waals surface area (Å²) in [4.78, 5) is 38.1. The molecule has 0 aromatic carbocycles. The van der Waals surface area contributed by atoms with E-state index in [1.807, 2.05) is 0 Å². The van der Waals surface area contributed by atoms with E-state index in [0.29, 0.717) is 24.1 Å². The number of piperidine rings is 1. The van der Waals surface area contributed by atoms with Crippen molar-refractivity contribution in [3.63, 3.8) is 0 Å². The third-order valence-corrected chi connectivity index (χ3v) is 4.05. The van der Waals surface area contributed by atoms with E-state index in [-0.39, 0.29) is 24.8 Å². The van der Waals surface area contributed by atoms with Crippen LogP contribution in [0.2, 0.25) is 0 Å². The van der Waals surface area contributed by atoms with Crippen molar-refractivity contribution in [2.24, 2.45) is 5.92 Å². The van der Waals surface area contributed by atoms with Crippen LogP contribution in [0.5, 0.6) is 0 Å². The highest BCUT2D eigenvalue weighted by Gasteiger charge is 2.29. The summed E-state index contributed by atoms with van der Waals surface area (Å²) in [6.07, 6.45) is 1.24. The molecule has 1 aliphatic rings. The number of halogens is 1. The molecule has 1 atom stereocenters. The largest absolute Gasteiger partial charge is 0.481 e. The summed E-state index contributed by atoms with van der Waals surface area (Å²) in [6.45, 7) is 0.614. The maximum atomic E-state index is 12.2. The fourth-order valence-electron chi connectivity index (χ4n) is 2.40. The summed E-state index contributed by atoms with van der Waals surface area (Å²) in [7, 11) is 1.51. The summed E-state index contributed by atoms with van der Waals surface area (Å²) >= 11 is 3.11. The summed E-state index contributed by atoms with van der Waals surface area (Å²) < 4.78 is 5.61. The van der Waals surface area contributed by atoms with Crippen LogP contribution in [0.3, 0.4) is 0 Å². The van der Waals surface area contributed by atoms with E-state index in [4.69, 9.17) is 9.52 Å². The van der Waals surface area contributed by atoms with Crippen molar-refractivity contribution in [1.82, 2.24) is 9.80 Å². The molecule has 0 bridgehead atoms. The van der Waals surface area contributed by atoms with Crippen molar-refractivity contribution in [2.75, 3.05) is 26.7 Å². The minimum Gasteiger partial charge on any atom is -0.481 e. The summed E-state index contributed by atoms with van der Waals surface area (Å²) in [6, 6.07) is 3.12. The summed E-state index contributed by atoms with van der Waals surface area (Å²) in [5.41, 5.74) is 0. The van der Waals surface area contributed by atoms with Gasteiger partial charge in [0.1, 0.15) is 0 Å². The van der Waals surface area contributed by atoms with Crippen molar-refractivity contribution in [1.29, 1.82) is 0 Å². The first-order valence-electron chi connectivity index (χ1n) is 6.90. The number of carbonyl (C=O) groups excluding carboxylic acids is 2. The Morgan fingerprint density at radius 2 is 2.18 bits per heavy atom. The van der Waals surface area contributed by atoms with E-state index in [2.05, 4.69) is 15.9 Å². The Morgan fingerprint density at radius 1 is 1.45 bits per heavy atom. The van der Waals surface area contributed by atoms with E-state index in [0.717, 1.165) is 0 Å². The van der Waals surface area contributed by atoms with Crippen LogP contribution in [-0.2, 0) is 9.59 Å². The number of nitrogens with zero attached hydrogens (tertiary/aromatic N) is 2. The van der Waals surface area contributed by atoms with Crippen LogP contribution in [0.4, 0.5) is 0 Å². The highest BCUT2D eigenvalue weighted by molar-refractivity contribution is 9.10. The Labute approximate surface area is 136 Å². The highest BCUT2D eigenvalue weighted by atomic mass is 79.9. The molecule has 1 aromatic rings. The monoisotopic (exact) mass is 372 g/mol. The molecule has 1 aromatic heterocycles. The van der Waals surface area contributed by atoms with Crippen molar-refractivity contribution in [3.8, 4) is 0 Å². The molecule has 2 rings (SSSR count). The maximum absolute atomic E-state index is 12.2. The second-order valence-electron chi connectivity index (χ2n) is 5.28. The van der Waals surface area contributed by atoms with Crippen molar-refractivity contribution < 1.29 is 23.9 Å². The Balaban J connectivity index is 1.93. The molecule has 1 fully saturated rings. The first-order chi connectivity index (χ1) is 10.4. The predicted octanol–water partition coefficient (Wildman–Crippen LogP) is 1.44. The van der Waals surface area contributed by atoms with Gasteiger partial charge in [-0.05, 0) is 40.9 Å². The predicted molar refractivity (Wildman–Crippen MR) is 80.3 cm³/mol. The normalized spacial score (nSPS) is 18.1. The lowest BCUT2D eigenvalue weighted by Gasteiger charge is -2.31. The lowest BCUT2D eigenvalue weighted by molar-refractivity contribution is -0.145. The average Bonchev–Trinajstić information content (AvgIpc) is 2.93. The number of carboxylic acid groups (broad SMARTS) is 1. The molecular weight excluding hydrogens is 356 g/mol. The molecule has 1 aliphatic heterocycles. The smallest absolute Gasteiger partial charge is 0.308 e. The van der Waals surface area contributed by atoms with E-state index < -0.39 is 17.8 Å². The minimum atomic E-state index is -0.887. The Kier molecular flexibility index (Phi) is 5.23. The lowest BCUT2D eigenvalue weighted by Crippen LogP contribution is -2.46. The number of likely N-dealkylation sites (N-methyl/N-ethyl adjacent to an activating group) is 1. The van der Waals surface area contributed by atoms with Crippen LogP contribution in [0.1, 0.15) is 23.4 Å². The second-order valence-corrected chi connectivity index (χ2v) is 6.06. The molecule has 22 heavy (non-hydrogen) atoms. The molecule has 1 unspecified atom stereocenters. The third kappa shape index (κ3) is 3.88. The number of likely N-dealkylation sites (tertiary alicyclic amines) is 1. The molecule has 1 N–H and O–H groups in total. The van der Waals surface area contributed by atoms with Crippen molar-refractivity contribution in [3.05, 3.63) is 22.6 Å². The van der Waals surface area contributed by atoms with Gasteiger partial charge < -0.3 is 19.3 Å². The maximum Gasteiger partial charge on any atom is 0.308 e. The number of amides is 2. The molecule has 8 heteroatoms. The van der Waals surface area contributed by atoms with Crippen LogP contribution in [0.25, 0.3) is 0 Å². The molecule has 1 saturated heterocycles. The number of furan rings is 1. The molecular formula is C14H17BrN2O5. The van der Waals surface area contributed by atoms with Crippen LogP contribution >= 0.6 is 15.9 Å². The third-order valence-electron chi connectivity index (χ3n) is 3.63. The van der Waals surface area contributed by atoms with Gasteiger partial charge in [0.25, 0.3) is 5.91 Å². The molecule has 2 amide bonds. The number of aliphatic carboxylic acids is 1. The van der Waals surface area contributed by atoms with Gasteiger partial charge in [0.2, 0.25) is 5.91 Å². The molecule has 0 spiro atoms. The standard InChI is InChI=1S/C14H17BrN2O5/c1-16(13(19)10-4-5-11(15)22-10)8-12(18)17-6-2-3-9(7-17)14(20)21/h4-5,9H,2-3,6-8H2,1H3,(H,20,21). The zero-order chi connectivity index (χ0) is 16.3. The quantitative estimate of drug-likeness (QED) is 0.863. The van der Waals surface area contributed by atoms with Crippen molar-refractivity contribution >= 4 is 33.7 Å². The first kappa shape index (κ1) is 16.5. The highest BCUT2D eigenvalue weighted by Crippen LogP contribution is 2.18. The molecule has 2 heterocycles. The second kappa shape index (κ2) is 6.95. The van der Waals surface area contributed by atoms with Gasteiger partial charge in [0.15, 0.2) is 10.4 Å². The topological polar surface area (TPSA) is 91.1 Å². The Morgan fingerprint density at radius 3 is 2.77 bits per heavy atom. The van der Waals surface area contributed by atoms with Gasteiger partial charge in [-0.15, -0.1) is 0 Å². The number of carboxylic acids is 1. The van der Waals surface area contributed by atoms with Gasteiger partial charge in [-0.1, -0.05) is 0 Å². The zero-order valence-corrected chi connectivity index (χ0v) is 13.7. The van der Waals surface area contributed by atoms with Crippen LogP contribution in [-0.4, -0.2) is 59.4 Å². The summed E-state index contributed by atoms with van der Waals surface area (Å²) in [5, 5.41) is 9.04. The van der Waals surface area contributed by atoms with Gasteiger partial charge in [-0.25, -0.2) is 0 Å². The van der Waals surface area contributed by atoms with Gasteiger partial charge >= 0.3 is 5.97 Å². The van der Waals surface area contributed by atoms with E-state index in [9.17, 15) is 14.4 Å². The number of rotatable bonds is 4. The number of hydrogen-bond donors (Lipinski definition) is 1. The fraction of sp³-hybridized carbons (Fsp3) is 0.500. The van der Waals surface area contributed by atoms with Gasteiger partial charge in [0.05, 0.1) is 12.5 Å². The Bertz CT molecular complexity index is 586. The fourth-order valence-corrected chi connectivity index (χ4v) is 2.70. The number of carbonyl (C=O) groups is 3. The zero-order valence-electron chi connectivity index (χ0n) is 12.1. The molecule has 120 valence electrons. The van der Waals surface area contributed by atoms with Crippen molar-refractivity contribution in [2.45, 2.75) is 12.8 Å². The molecule has 0 aliphatic carbocycles. The molecule has 7 nitrogen and oxygen atoms in total. The van der Waals surface area contributed by atoms with Gasteiger partial charge in [-0.3, -0.25) is 14.4 Å². The first-order valence-corrected chi connectivity index (χ1v) is 7.69. The van der Waals surface area contributed by atoms with E-state index in [1.54, 1.807) is 6.07 Å². The van der Waals surface area contributed by atoms with Crippen LogP contribution < -0.4 is 0 Å². The molecule has 0 saturated carbocycles. The van der Waals surface area contributed by atoms with Crippen LogP contribution in [0, 0.1) is 5.92 Å². The summed E-state index contributed by atoms with van der Waals surface area (Å²) in [5.74, 6) is -1.93. The van der Waals surface area contributed by atoms with Gasteiger partial charge in [0, 0.05) is 20.1 Å². The van der Waals surface area contributed by atoms with E-state index in [1.165, 1.54) is 22.9 Å². The van der Waals surface area contributed by atoms with E-state index >= 15 is 0 Å². The minimum absolute atomic E-state index is 0.108. The van der Waals surface area contributed by atoms with Gasteiger partial charge in [-0.2, -0.15) is 0 Å². The average molecular weight is 373 g/mol. The lowest BCUT2D eigenvalue weighted by atomic mass is 9.98. The number of hydrogen-bond acceptors (Lipinski definition) is 4. The molecule has 0 radical (unpaired) electrons. The SMILES string of the molecule is CN(CC(=O)N1CCCC(C(=O)O)C1)C(=O)c1ccc(Br)o1.